The van der Waals surface area contributed by atoms with Crippen molar-refractivity contribution in [1.82, 2.24) is 9.80 Å². The van der Waals surface area contributed by atoms with Crippen molar-refractivity contribution in [2.45, 2.75) is 13.0 Å². The second kappa shape index (κ2) is 7.19. The quantitative estimate of drug-likeness (QED) is 0.851. The summed E-state index contributed by atoms with van der Waals surface area (Å²) in [6.45, 7) is 7.89. The zero-order chi connectivity index (χ0) is 15.4. The van der Waals surface area contributed by atoms with E-state index in [9.17, 15) is 4.39 Å². The van der Waals surface area contributed by atoms with Gasteiger partial charge in [-0.15, -0.1) is 0 Å². The third-order valence-electron chi connectivity index (χ3n) is 4.55. The zero-order valence-electron chi connectivity index (χ0n) is 12.8. The molecule has 0 radical (unpaired) electrons. The topological polar surface area (TPSA) is 39.5 Å². The van der Waals surface area contributed by atoms with Crippen molar-refractivity contribution >= 4 is 0 Å². The van der Waals surface area contributed by atoms with E-state index in [1.54, 1.807) is 12.1 Å². The first-order valence-corrected chi connectivity index (χ1v) is 7.95. The Kier molecular flexibility index (Phi) is 5.04. The minimum atomic E-state index is -0.433. The molecule has 2 heterocycles. The number of benzene rings is 1. The van der Waals surface area contributed by atoms with Crippen molar-refractivity contribution < 1.29 is 9.13 Å². The molecule has 1 aromatic carbocycles. The highest BCUT2D eigenvalue weighted by molar-refractivity contribution is 5.34. The third-order valence-corrected chi connectivity index (χ3v) is 4.55. The van der Waals surface area contributed by atoms with E-state index in [1.807, 2.05) is 6.07 Å². The third kappa shape index (κ3) is 3.83. The number of rotatable bonds is 4. The fraction of sp³-hybridized carbons (Fsp3) is 0.588. The van der Waals surface area contributed by atoms with E-state index in [1.165, 1.54) is 12.5 Å². The number of nitriles is 1. The smallest absolute Gasteiger partial charge is 0.140 e. The lowest BCUT2D eigenvalue weighted by molar-refractivity contribution is 0.0311. The minimum Gasteiger partial charge on any atom is -0.379 e. The van der Waals surface area contributed by atoms with E-state index in [-0.39, 0.29) is 5.56 Å². The largest absolute Gasteiger partial charge is 0.379 e. The fourth-order valence-corrected chi connectivity index (χ4v) is 3.37. The number of halogens is 1. The first-order chi connectivity index (χ1) is 10.7. The molecule has 0 unspecified atom stereocenters. The predicted octanol–water partition coefficient (Wildman–Crippen LogP) is 1.85. The Morgan fingerprint density at radius 1 is 1.23 bits per heavy atom. The van der Waals surface area contributed by atoms with Crippen molar-refractivity contribution in [2.75, 3.05) is 45.9 Å². The van der Waals surface area contributed by atoms with Crippen molar-refractivity contribution in [3.8, 4) is 6.07 Å². The van der Waals surface area contributed by atoms with E-state index in [0.717, 1.165) is 58.0 Å². The summed E-state index contributed by atoms with van der Waals surface area (Å²) < 4.78 is 18.7. The van der Waals surface area contributed by atoms with Crippen LogP contribution in [0.4, 0.5) is 4.39 Å². The summed E-state index contributed by atoms with van der Waals surface area (Å²) in [5, 5.41) is 8.91. The monoisotopic (exact) mass is 303 g/mol. The Morgan fingerprint density at radius 3 is 2.82 bits per heavy atom. The number of morpholine rings is 1. The highest BCUT2D eigenvalue weighted by atomic mass is 19.1. The Labute approximate surface area is 131 Å². The Bertz CT molecular complexity index is 551. The first kappa shape index (κ1) is 15.4. The predicted molar refractivity (Wildman–Crippen MR) is 81.8 cm³/mol. The van der Waals surface area contributed by atoms with Crippen LogP contribution in [0.15, 0.2) is 18.2 Å². The molecule has 0 amide bonds. The van der Waals surface area contributed by atoms with Crippen LogP contribution in [-0.4, -0.2) is 55.7 Å². The van der Waals surface area contributed by atoms with Crippen LogP contribution in [-0.2, 0) is 11.3 Å². The maximum absolute atomic E-state index is 13.4. The van der Waals surface area contributed by atoms with Gasteiger partial charge in [0.15, 0.2) is 0 Å². The van der Waals surface area contributed by atoms with Gasteiger partial charge in [0.2, 0.25) is 0 Å². The molecule has 0 saturated carbocycles. The normalized spacial score (nSPS) is 23.5. The van der Waals surface area contributed by atoms with Crippen molar-refractivity contribution in [1.29, 1.82) is 5.26 Å². The van der Waals surface area contributed by atoms with Crippen LogP contribution in [0.25, 0.3) is 0 Å². The second-order valence-electron chi connectivity index (χ2n) is 6.23. The molecule has 4 nitrogen and oxygen atoms in total. The van der Waals surface area contributed by atoms with Crippen LogP contribution in [0.3, 0.4) is 0 Å². The van der Waals surface area contributed by atoms with Gasteiger partial charge in [0.1, 0.15) is 11.9 Å². The second-order valence-corrected chi connectivity index (χ2v) is 6.23. The molecule has 2 saturated heterocycles. The van der Waals surface area contributed by atoms with Crippen LogP contribution in [0.2, 0.25) is 0 Å². The molecule has 0 spiro atoms. The Balaban J connectivity index is 1.51. The molecule has 3 rings (SSSR count). The molecule has 1 atom stereocenters. The molecule has 2 aliphatic heterocycles. The van der Waals surface area contributed by atoms with Gasteiger partial charge in [-0.1, -0.05) is 6.07 Å². The Hall–Kier alpha value is -1.48. The molecular formula is C17H22FN3O. The standard InChI is InChI=1S/C17H22FN3O/c18-17-2-1-14(9-16(17)10-19)11-21-4-3-15(13-21)12-20-5-7-22-8-6-20/h1-2,9,15H,3-8,11-13H2/t15-/m0/s1. The molecule has 2 fully saturated rings. The molecular weight excluding hydrogens is 281 g/mol. The molecule has 0 aromatic heterocycles. The fourth-order valence-electron chi connectivity index (χ4n) is 3.37. The van der Waals surface area contributed by atoms with Crippen molar-refractivity contribution in [2.24, 2.45) is 5.92 Å². The minimum absolute atomic E-state index is 0.140. The van der Waals surface area contributed by atoms with Gasteiger partial charge >= 0.3 is 0 Å². The average molecular weight is 303 g/mol. The average Bonchev–Trinajstić information content (AvgIpc) is 2.97. The summed E-state index contributed by atoms with van der Waals surface area (Å²) in [5.41, 5.74) is 1.16. The van der Waals surface area contributed by atoms with Crippen LogP contribution in [0.5, 0.6) is 0 Å². The van der Waals surface area contributed by atoms with E-state index in [4.69, 9.17) is 10.00 Å². The van der Waals surface area contributed by atoms with Gasteiger partial charge in [-0.25, -0.2) is 4.39 Å². The lowest BCUT2D eigenvalue weighted by Crippen LogP contribution is -2.39. The van der Waals surface area contributed by atoms with E-state index in [0.29, 0.717) is 5.92 Å². The maximum atomic E-state index is 13.4. The number of likely N-dealkylation sites (tertiary alicyclic amines) is 1. The zero-order valence-corrected chi connectivity index (χ0v) is 12.8. The lowest BCUT2D eigenvalue weighted by atomic mass is 10.1. The molecule has 0 aliphatic carbocycles. The van der Waals surface area contributed by atoms with Gasteiger partial charge in [-0.05, 0) is 36.6 Å². The summed E-state index contributed by atoms with van der Waals surface area (Å²) in [5.74, 6) is 0.270. The van der Waals surface area contributed by atoms with Crippen LogP contribution < -0.4 is 0 Å². The molecule has 5 heteroatoms. The van der Waals surface area contributed by atoms with Gasteiger partial charge in [0.05, 0.1) is 18.8 Å². The highest BCUT2D eigenvalue weighted by Gasteiger charge is 2.25. The van der Waals surface area contributed by atoms with Gasteiger partial charge in [-0.2, -0.15) is 5.26 Å². The van der Waals surface area contributed by atoms with Crippen LogP contribution in [0, 0.1) is 23.1 Å². The number of nitrogens with zero attached hydrogens (tertiary/aromatic N) is 3. The number of hydrogen-bond acceptors (Lipinski definition) is 4. The summed E-state index contributed by atoms with van der Waals surface area (Å²) in [7, 11) is 0. The number of ether oxygens (including phenoxy) is 1. The van der Waals surface area contributed by atoms with Gasteiger partial charge in [-0.3, -0.25) is 9.80 Å². The van der Waals surface area contributed by atoms with Crippen molar-refractivity contribution in [3.63, 3.8) is 0 Å². The lowest BCUT2D eigenvalue weighted by Gasteiger charge is -2.29. The summed E-state index contributed by atoms with van der Waals surface area (Å²) in [6, 6.07) is 6.76. The van der Waals surface area contributed by atoms with Crippen LogP contribution in [0.1, 0.15) is 17.5 Å². The van der Waals surface area contributed by atoms with E-state index < -0.39 is 5.82 Å². The molecule has 22 heavy (non-hydrogen) atoms. The summed E-state index contributed by atoms with van der Waals surface area (Å²) in [4.78, 5) is 4.89. The molecule has 1 aromatic rings. The first-order valence-electron chi connectivity index (χ1n) is 7.95. The molecule has 0 N–H and O–H groups in total. The van der Waals surface area contributed by atoms with E-state index in [2.05, 4.69) is 9.80 Å². The SMILES string of the molecule is N#Cc1cc(CN2CC[C@@H](CN3CCOCC3)C2)ccc1F. The highest BCUT2D eigenvalue weighted by Crippen LogP contribution is 2.21. The van der Waals surface area contributed by atoms with Gasteiger partial charge < -0.3 is 4.74 Å². The summed E-state index contributed by atoms with van der Waals surface area (Å²) in [6.07, 6.45) is 1.21. The molecule has 0 bridgehead atoms. The Morgan fingerprint density at radius 2 is 2.05 bits per heavy atom. The maximum Gasteiger partial charge on any atom is 0.140 e. The molecule has 2 aliphatic rings. The van der Waals surface area contributed by atoms with Gasteiger partial charge in [0, 0.05) is 32.7 Å². The number of hydrogen-bond donors (Lipinski definition) is 0. The van der Waals surface area contributed by atoms with Gasteiger partial charge in [0.25, 0.3) is 0 Å². The molecule has 118 valence electrons. The summed E-state index contributed by atoms with van der Waals surface area (Å²) >= 11 is 0. The van der Waals surface area contributed by atoms with Crippen LogP contribution >= 0.6 is 0 Å². The van der Waals surface area contributed by atoms with E-state index >= 15 is 0 Å². The van der Waals surface area contributed by atoms with Crippen molar-refractivity contribution in [3.05, 3.63) is 35.1 Å².